The molecule has 2 heterocycles. The Bertz CT molecular complexity index is 263. The largest absolute Gasteiger partial charge is 0.339 e. The second-order valence-electron chi connectivity index (χ2n) is 5.60. The number of rotatable bonds is 2. The van der Waals surface area contributed by atoms with Crippen LogP contribution in [0.4, 0.5) is 0 Å². The van der Waals surface area contributed by atoms with Gasteiger partial charge in [-0.05, 0) is 44.7 Å². The summed E-state index contributed by atoms with van der Waals surface area (Å²) in [6.07, 6.45) is 2.44. The molecule has 3 nitrogen and oxygen atoms in total. The Kier molecular flexibility index (Phi) is 3.53. The minimum Gasteiger partial charge on any atom is -0.339 e. The highest BCUT2D eigenvalue weighted by Gasteiger charge is 2.35. The molecule has 3 unspecified atom stereocenters. The first-order valence-corrected chi connectivity index (χ1v) is 6.62. The Morgan fingerprint density at radius 2 is 2.06 bits per heavy atom. The van der Waals surface area contributed by atoms with Gasteiger partial charge in [-0.2, -0.15) is 0 Å². The van der Waals surface area contributed by atoms with Gasteiger partial charge in [-0.25, -0.2) is 0 Å². The Labute approximate surface area is 98.6 Å². The molecule has 0 aliphatic carbocycles. The highest BCUT2D eigenvalue weighted by atomic mass is 16.2. The van der Waals surface area contributed by atoms with Gasteiger partial charge in [0.15, 0.2) is 0 Å². The van der Waals surface area contributed by atoms with Crippen molar-refractivity contribution < 1.29 is 4.79 Å². The maximum absolute atomic E-state index is 12.4. The number of carbonyl (C=O) groups excluding carboxylic acids is 1. The standard InChI is InChI=1S/C13H24N2O/c1-9-5-4-6-15(11(9)3)13(16)10(2)12-7-14-8-12/h9-12,14H,4-8H2,1-3H3. The molecule has 3 atom stereocenters. The summed E-state index contributed by atoms with van der Waals surface area (Å²) in [5.74, 6) is 1.81. The third-order valence-electron chi connectivity index (χ3n) is 4.57. The van der Waals surface area contributed by atoms with E-state index in [-0.39, 0.29) is 5.92 Å². The summed E-state index contributed by atoms with van der Waals surface area (Å²) in [5, 5.41) is 3.25. The van der Waals surface area contributed by atoms with E-state index < -0.39 is 0 Å². The normalized spacial score (nSPS) is 33.3. The van der Waals surface area contributed by atoms with Crippen molar-refractivity contribution in [3.05, 3.63) is 0 Å². The van der Waals surface area contributed by atoms with Gasteiger partial charge in [-0.1, -0.05) is 13.8 Å². The highest BCUT2D eigenvalue weighted by molar-refractivity contribution is 5.79. The van der Waals surface area contributed by atoms with E-state index in [0.717, 1.165) is 19.6 Å². The van der Waals surface area contributed by atoms with Gasteiger partial charge >= 0.3 is 0 Å². The molecule has 0 bridgehead atoms. The molecule has 2 rings (SSSR count). The summed E-state index contributed by atoms with van der Waals surface area (Å²) in [4.78, 5) is 14.5. The van der Waals surface area contributed by atoms with E-state index in [0.29, 0.717) is 23.8 Å². The van der Waals surface area contributed by atoms with Gasteiger partial charge in [-0.3, -0.25) is 4.79 Å². The Balaban J connectivity index is 1.96. The molecule has 1 amide bonds. The minimum atomic E-state index is 0.203. The van der Waals surface area contributed by atoms with Gasteiger partial charge in [-0.15, -0.1) is 0 Å². The van der Waals surface area contributed by atoms with Gasteiger partial charge in [0.2, 0.25) is 5.91 Å². The fourth-order valence-corrected chi connectivity index (χ4v) is 2.77. The molecule has 0 saturated carbocycles. The number of nitrogens with zero attached hydrogens (tertiary/aromatic N) is 1. The van der Waals surface area contributed by atoms with Crippen LogP contribution in [0.3, 0.4) is 0 Å². The molecule has 16 heavy (non-hydrogen) atoms. The molecule has 0 radical (unpaired) electrons. The van der Waals surface area contributed by atoms with Gasteiger partial charge in [0, 0.05) is 18.5 Å². The topological polar surface area (TPSA) is 32.3 Å². The van der Waals surface area contributed by atoms with Crippen LogP contribution in [0.25, 0.3) is 0 Å². The lowest BCUT2D eigenvalue weighted by atomic mass is 9.85. The lowest BCUT2D eigenvalue weighted by Gasteiger charge is -2.42. The highest BCUT2D eigenvalue weighted by Crippen LogP contribution is 2.27. The van der Waals surface area contributed by atoms with Crippen LogP contribution in [0, 0.1) is 17.8 Å². The fraction of sp³-hybridized carbons (Fsp3) is 0.923. The lowest BCUT2D eigenvalue weighted by molar-refractivity contribution is -0.142. The van der Waals surface area contributed by atoms with Gasteiger partial charge in [0.25, 0.3) is 0 Å². The predicted molar refractivity (Wildman–Crippen MR) is 65.1 cm³/mol. The molecule has 1 N–H and O–H groups in total. The lowest BCUT2D eigenvalue weighted by Crippen LogP contribution is -2.54. The molecule has 2 fully saturated rings. The summed E-state index contributed by atoms with van der Waals surface area (Å²) in [5.41, 5.74) is 0. The smallest absolute Gasteiger partial charge is 0.226 e. The van der Waals surface area contributed by atoms with E-state index in [9.17, 15) is 4.79 Å². The number of hydrogen-bond donors (Lipinski definition) is 1. The maximum atomic E-state index is 12.4. The molecule has 2 saturated heterocycles. The van der Waals surface area contributed by atoms with Crippen LogP contribution in [-0.4, -0.2) is 36.5 Å². The van der Waals surface area contributed by atoms with Crippen LogP contribution in [0.5, 0.6) is 0 Å². The number of amides is 1. The zero-order valence-corrected chi connectivity index (χ0v) is 10.7. The number of hydrogen-bond acceptors (Lipinski definition) is 2. The molecule has 3 heteroatoms. The first-order chi connectivity index (χ1) is 7.61. The van der Waals surface area contributed by atoms with E-state index in [4.69, 9.17) is 0 Å². The molecule has 2 aliphatic heterocycles. The molecular formula is C13H24N2O. The van der Waals surface area contributed by atoms with Crippen LogP contribution >= 0.6 is 0 Å². The molecule has 0 spiro atoms. The molecular weight excluding hydrogens is 200 g/mol. The molecule has 0 aromatic rings. The number of carbonyl (C=O) groups is 1. The van der Waals surface area contributed by atoms with E-state index in [1.807, 2.05) is 0 Å². The van der Waals surface area contributed by atoms with E-state index in [1.165, 1.54) is 12.8 Å². The third kappa shape index (κ3) is 2.10. The average Bonchev–Trinajstić information content (AvgIpc) is 2.18. The summed E-state index contributed by atoms with van der Waals surface area (Å²) < 4.78 is 0. The van der Waals surface area contributed by atoms with Crippen molar-refractivity contribution in [1.82, 2.24) is 10.2 Å². The van der Waals surface area contributed by atoms with E-state index >= 15 is 0 Å². The average molecular weight is 224 g/mol. The molecule has 2 aliphatic rings. The number of piperidine rings is 1. The van der Waals surface area contributed by atoms with Crippen molar-refractivity contribution in [2.75, 3.05) is 19.6 Å². The van der Waals surface area contributed by atoms with Crippen molar-refractivity contribution in [3.8, 4) is 0 Å². The molecule has 0 aromatic carbocycles. The summed E-state index contributed by atoms with van der Waals surface area (Å²) in [7, 11) is 0. The quantitative estimate of drug-likeness (QED) is 0.770. The SMILES string of the molecule is CC1CCCN(C(=O)C(C)C2CNC2)C1C. The second kappa shape index (κ2) is 4.74. The summed E-state index contributed by atoms with van der Waals surface area (Å²) >= 11 is 0. The van der Waals surface area contributed by atoms with Gasteiger partial charge < -0.3 is 10.2 Å². The van der Waals surface area contributed by atoms with Crippen LogP contribution in [0.15, 0.2) is 0 Å². The third-order valence-corrected chi connectivity index (χ3v) is 4.57. The van der Waals surface area contributed by atoms with E-state index in [1.54, 1.807) is 0 Å². The van der Waals surface area contributed by atoms with Gasteiger partial charge in [0.1, 0.15) is 0 Å². The second-order valence-corrected chi connectivity index (χ2v) is 5.60. The first kappa shape index (κ1) is 11.9. The summed E-state index contributed by atoms with van der Waals surface area (Å²) in [6, 6.07) is 0.428. The van der Waals surface area contributed by atoms with Crippen LogP contribution in [-0.2, 0) is 4.79 Å². The molecule has 92 valence electrons. The summed E-state index contributed by atoms with van der Waals surface area (Å²) in [6.45, 7) is 9.57. The fourth-order valence-electron chi connectivity index (χ4n) is 2.77. The zero-order valence-electron chi connectivity index (χ0n) is 10.7. The molecule has 0 aromatic heterocycles. The van der Waals surface area contributed by atoms with Crippen molar-refractivity contribution in [1.29, 1.82) is 0 Å². The number of likely N-dealkylation sites (tertiary alicyclic amines) is 1. The minimum absolute atomic E-state index is 0.203. The van der Waals surface area contributed by atoms with Crippen molar-refractivity contribution in [3.63, 3.8) is 0 Å². The Morgan fingerprint density at radius 1 is 1.38 bits per heavy atom. The van der Waals surface area contributed by atoms with Crippen molar-refractivity contribution >= 4 is 5.91 Å². The van der Waals surface area contributed by atoms with Crippen LogP contribution in [0.2, 0.25) is 0 Å². The Morgan fingerprint density at radius 3 is 2.62 bits per heavy atom. The van der Waals surface area contributed by atoms with Crippen molar-refractivity contribution in [2.45, 2.75) is 39.7 Å². The maximum Gasteiger partial charge on any atom is 0.226 e. The predicted octanol–water partition coefficient (Wildman–Crippen LogP) is 1.49. The van der Waals surface area contributed by atoms with Crippen LogP contribution in [0.1, 0.15) is 33.6 Å². The Hall–Kier alpha value is -0.570. The zero-order chi connectivity index (χ0) is 11.7. The first-order valence-electron chi connectivity index (χ1n) is 6.62. The number of nitrogens with one attached hydrogen (secondary N) is 1. The van der Waals surface area contributed by atoms with Gasteiger partial charge in [0.05, 0.1) is 0 Å². The monoisotopic (exact) mass is 224 g/mol. The van der Waals surface area contributed by atoms with E-state index in [2.05, 4.69) is 31.0 Å². The van der Waals surface area contributed by atoms with Crippen molar-refractivity contribution in [2.24, 2.45) is 17.8 Å². The van der Waals surface area contributed by atoms with Crippen LogP contribution < -0.4 is 5.32 Å².